The van der Waals surface area contributed by atoms with Crippen LogP contribution in [0.1, 0.15) is 35.3 Å². The standard InChI is InChI=1S/C22H24ClN5O/c23-19-7-3-2-6-18(19)21-25-20(22(29)26-27-12-4-1-5-13-27)15-28(21)17-10-8-16(14-24)9-11-17/h2-3,6-11,15H,1,4-5,12-14,24H2,(H,26,29). The van der Waals surface area contributed by atoms with Gasteiger partial charge in [-0.1, -0.05) is 42.3 Å². The molecule has 2 heterocycles. The zero-order valence-electron chi connectivity index (χ0n) is 16.1. The molecule has 0 aliphatic carbocycles. The lowest BCUT2D eigenvalue weighted by atomic mass is 10.2. The smallest absolute Gasteiger partial charge is 0.285 e. The number of nitrogens with one attached hydrogen (secondary N) is 1. The van der Waals surface area contributed by atoms with E-state index in [0.29, 0.717) is 23.1 Å². The molecule has 6 nitrogen and oxygen atoms in total. The van der Waals surface area contributed by atoms with E-state index in [-0.39, 0.29) is 5.91 Å². The van der Waals surface area contributed by atoms with Gasteiger partial charge in [-0.3, -0.25) is 14.8 Å². The highest BCUT2D eigenvalue weighted by Crippen LogP contribution is 2.29. The maximum absolute atomic E-state index is 12.8. The molecule has 2 aromatic carbocycles. The van der Waals surface area contributed by atoms with Crippen LogP contribution in [0.2, 0.25) is 5.02 Å². The molecule has 3 aromatic rings. The fraction of sp³-hybridized carbons (Fsp3) is 0.273. The summed E-state index contributed by atoms with van der Waals surface area (Å²) in [4.78, 5) is 17.5. The highest BCUT2D eigenvalue weighted by Gasteiger charge is 2.20. The van der Waals surface area contributed by atoms with E-state index in [1.54, 1.807) is 6.20 Å². The zero-order valence-corrected chi connectivity index (χ0v) is 16.9. The maximum atomic E-state index is 12.8. The minimum absolute atomic E-state index is 0.211. The molecule has 0 spiro atoms. The lowest BCUT2D eigenvalue weighted by Crippen LogP contribution is -2.45. The van der Waals surface area contributed by atoms with Crippen LogP contribution in [0, 0.1) is 0 Å². The first-order valence-corrected chi connectivity index (χ1v) is 10.2. The minimum atomic E-state index is -0.211. The molecule has 1 amide bonds. The second kappa shape index (κ2) is 8.78. The van der Waals surface area contributed by atoms with Crippen LogP contribution in [0.5, 0.6) is 0 Å². The first kappa shape index (κ1) is 19.6. The Morgan fingerprint density at radius 1 is 1.07 bits per heavy atom. The van der Waals surface area contributed by atoms with Crippen LogP contribution in [0.4, 0.5) is 0 Å². The number of hydrogen-bond acceptors (Lipinski definition) is 4. The van der Waals surface area contributed by atoms with Gasteiger partial charge >= 0.3 is 0 Å². The van der Waals surface area contributed by atoms with Gasteiger partial charge in [-0.15, -0.1) is 0 Å². The summed E-state index contributed by atoms with van der Waals surface area (Å²) in [5.74, 6) is 0.414. The number of piperidine rings is 1. The average molecular weight is 410 g/mol. The van der Waals surface area contributed by atoms with Crippen molar-refractivity contribution in [1.29, 1.82) is 0 Å². The predicted octanol–water partition coefficient (Wildman–Crippen LogP) is 3.78. The molecule has 1 aliphatic rings. The minimum Gasteiger partial charge on any atom is -0.326 e. The Hall–Kier alpha value is -2.67. The van der Waals surface area contributed by atoms with Crippen molar-refractivity contribution in [3.63, 3.8) is 0 Å². The number of carbonyl (C=O) groups is 1. The Morgan fingerprint density at radius 3 is 2.48 bits per heavy atom. The molecule has 3 N–H and O–H groups in total. The van der Waals surface area contributed by atoms with Crippen LogP contribution in [0.3, 0.4) is 0 Å². The molecular formula is C22H24ClN5O. The third kappa shape index (κ3) is 4.34. The average Bonchev–Trinajstić information content (AvgIpc) is 3.20. The molecule has 1 saturated heterocycles. The summed E-state index contributed by atoms with van der Waals surface area (Å²) in [6.45, 7) is 2.21. The summed E-state index contributed by atoms with van der Waals surface area (Å²) in [7, 11) is 0. The molecule has 4 rings (SSSR count). The fourth-order valence-electron chi connectivity index (χ4n) is 3.52. The van der Waals surface area contributed by atoms with E-state index in [4.69, 9.17) is 17.3 Å². The Morgan fingerprint density at radius 2 is 1.79 bits per heavy atom. The van der Waals surface area contributed by atoms with Gasteiger partial charge in [0.05, 0.1) is 5.02 Å². The molecule has 7 heteroatoms. The molecule has 0 radical (unpaired) electrons. The van der Waals surface area contributed by atoms with Crippen molar-refractivity contribution in [2.75, 3.05) is 13.1 Å². The molecule has 150 valence electrons. The highest BCUT2D eigenvalue weighted by atomic mass is 35.5. The van der Waals surface area contributed by atoms with Gasteiger partial charge < -0.3 is 5.73 Å². The normalized spacial score (nSPS) is 14.7. The quantitative estimate of drug-likeness (QED) is 0.672. The number of nitrogens with zero attached hydrogens (tertiary/aromatic N) is 3. The van der Waals surface area contributed by atoms with E-state index in [9.17, 15) is 4.79 Å². The number of carbonyl (C=O) groups excluding carboxylic acids is 1. The third-order valence-electron chi connectivity index (χ3n) is 5.12. The van der Waals surface area contributed by atoms with Gasteiger partial charge in [0.2, 0.25) is 0 Å². The largest absolute Gasteiger partial charge is 0.326 e. The first-order valence-electron chi connectivity index (χ1n) is 9.85. The number of aromatic nitrogens is 2. The lowest BCUT2D eigenvalue weighted by molar-refractivity contribution is 0.0745. The summed E-state index contributed by atoms with van der Waals surface area (Å²) >= 11 is 6.43. The number of hydrazine groups is 1. The van der Waals surface area contributed by atoms with Crippen molar-refractivity contribution in [3.8, 4) is 17.1 Å². The van der Waals surface area contributed by atoms with E-state index < -0.39 is 0 Å². The molecule has 0 saturated carbocycles. The maximum Gasteiger partial charge on any atom is 0.285 e. The molecule has 0 atom stereocenters. The van der Waals surface area contributed by atoms with E-state index >= 15 is 0 Å². The van der Waals surface area contributed by atoms with Gasteiger partial charge in [0.25, 0.3) is 5.91 Å². The number of halogens is 1. The van der Waals surface area contributed by atoms with Crippen LogP contribution in [0.15, 0.2) is 54.7 Å². The van der Waals surface area contributed by atoms with Gasteiger partial charge in [-0.25, -0.2) is 9.99 Å². The summed E-state index contributed by atoms with van der Waals surface area (Å²) in [6, 6.07) is 15.4. The lowest BCUT2D eigenvalue weighted by Gasteiger charge is -2.26. The first-order chi connectivity index (χ1) is 14.2. The molecule has 0 bridgehead atoms. The van der Waals surface area contributed by atoms with E-state index in [1.807, 2.05) is 58.1 Å². The SMILES string of the molecule is NCc1ccc(-n2cc(C(=O)NN3CCCCC3)nc2-c2ccccc2Cl)cc1. The number of rotatable bonds is 5. The second-order valence-electron chi connectivity index (χ2n) is 7.16. The van der Waals surface area contributed by atoms with Crippen LogP contribution in [0.25, 0.3) is 17.1 Å². The number of hydrogen-bond donors (Lipinski definition) is 2. The monoisotopic (exact) mass is 409 g/mol. The fourth-order valence-corrected chi connectivity index (χ4v) is 3.74. The Balaban J connectivity index is 1.71. The van der Waals surface area contributed by atoms with Crippen molar-refractivity contribution in [2.24, 2.45) is 5.73 Å². The topological polar surface area (TPSA) is 76.2 Å². The number of benzene rings is 2. The summed E-state index contributed by atoms with van der Waals surface area (Å²) < 4.78 is 1.90. The van der Waals surface area contributed by atoms with E-state index in [2.05, 4.69) is 10.4 Å². The molecule has 1 aliphatic heterocycles. The molecule has 29 heavy (non-hydrogen) atoms. The molecule has 0 unspecified atom stereocenters. The highest BCUT2D eigenvalue weighted by molar-refractivity contribution is 6.33. The van der Waals surface area contributed by atoms with Crippen molar-refractivity contribution in [1.82, 2.24) is 20.0 Å². The van der Waals surface area contributed by atoms with Gasteiger partial charge in [-0.2, -0.15) is 0 Å². The van der Waals surface area contributed by atoms with Crippen LogP contribution < -0.4 is 11.2 Å². The Bertz CT molecular complexity index is 993. The Kier molecular flexibility index (Phi) is 5.94. The van der Waals surface area contributed by atoms with Crippen LogP contribution >= 0.6 is 11.6 Å². The van der Waals surface area contributed by atoms with Crippen molar-refractivity contribution in [2.45, 2.75) is 25.8 Å². The molecular weight excluding hydrogens is 386 g/mol. The summed E-state index contributed by atoms with van der Waals surface area (Å²) in [6.07, 6.45) is 5.14. The number of nitrogens with two attached hydrogens (primary N) is 1. The van der Waals surface area contributed by atoms with Crippen molar-refractivity contribution in [3.05, 3.63) is 71.0 Å². The Labute approximate surface area is 175 Å². The van der Waals surface area contributed by atoms with Gasteiger partial charge in [-0.05, 0) is 42.7 Å². The zero-order chi connectivity index (χ0) is 20.2. The molecule has 1 aromatic heterocycles. The third-order valence-corrected chi connectivity index (χ3v) is 5.45. The predicted molar refractivity (Wildman–Crippen MR) is 115 cm³/mol. The van der Waals surface area contributed by atoms with Crippen LogP contribution in [-0.4, -0.2) is 33.6 Å². The van der Waals surface area contributed by atoms with Crippen LogP contribution in [-0.2, 0) is 6.54 Å². The summed E-state index contributed by atoms with van der Waals surface area (Å²) in [5.41, 5.74) is 11.8. The number of imidazole rings is 1. The second-order valence-corrected chi connectivity index (χ2v) is 7.57. The van der Waals surface area contributed by atoms with E-state index in [0.717, 1.165) is 42.7 Å². The van der Waals surface area contributed by atoms with E-state index in [1.165, 1.54) is 6.42 Å². The molecule has 1 fully saturated rings. The van der Waals surface area contributed by atoms with Gasteiger partial charge in [0.1, 0.15) is 11.5 Å². The van der Waals surface area contributed by atoms with Crippen molar-refractivity contribution < 1.29 is 4.79 Å². The van der Waals surface area contributed by atoms with Crippen molar-refractivity contribution >= 4 is 17.5 Å². The number of amides is 1. The van der Waals surface area contributed by atoms with Gasteiger partial charge in [0.15, 0.2) is 0 Å². The summed E-state index contributed by atoms with van der Waals surface area (Å²) in [5, 5.41) is 2.55. The van der Waals surface area contributed by atoms with Gasteiger partial charge in [0, 0.05) is 37.1 Å².